The molecule has 0 fully saturated rings. The lowest BCUT2D eigenvalue weighted by Crippen LogP contribution is -2.47. The summed E-state index contributed by atoms with van der Waals surface area (Å²) in [4.78, 5) is 28.5. The summed E-state index contributed by atoms with van der Waals surface area (Å²) in [5.41, 5.74) is 1.13. The number of carbonyl (C=O) groups excluding carboxylic acids is 2. The van der Waals surface area contributed by atoms with E-state index in [9.17, 15) is 9.59 Å². The van der Waals surface area contributed by atoms with Crippen molar-refractivity contribution in [3.63, 3.8) is 0 Å². The van der Waals surface area contributed by atoms with E-state index in [1.807, 2.05) is 19.9 Å². The minimum absolute atomic E-state index is 0.0377. The molecule has 0 bridgehead atoms. The van der Waals surface area contributed by atoms with Crippen molar-refractivity contribution in [1.29, 1.82) is 0 Å². The van der Waals surface area contributed by atoms with E-state index in [1.165, 1.54) is 0 Å². The fourth-order valence-corrected chi connectivity index (χ4v) is 2.01. The maximum atomic E-state index is 12.4. The Morgan fingerprint density at radius 1 is 1.05 bits per heavy atom. The van der Waals surface area contributed by atoms with E-state index in [2.05, 4.69) is 15.6 Å². The number of rotatable bonds is 5. The van der Waals surface area contributed by atoms with Crippen LogP contribution in [0.5, 0.6) is 0 Å². The maximum absolute atomic E-state index is 12.4. The zero-order chi connectivity index (χ0) is 15.9. The summed E-state index contributed by atoms with van der Waals surface area (Å²) in [5, 5.41) is 5.55. The number of hydrogen-bond donors (Lipinski definition) is 2. The highest BCUT2D eigenvalue weighted by Crippen LogP contribution is 2.09. The van der Waals surface area contributed by atoms with Gasteiger partial charge in [0.2, 0.25) is 5.91 Å². The molecule has 1 aromatic carbocycles. The molecule has 5 nitrogen and oxygen atoms in total. The van der Waals surface area contributed by atoms with Crippen molar-refractivity contribution in [2.24, 2.45) is 5.92 Å². The Kier molecular flexibility index (Phi) is 5.25. The summed E-state index contributed by atoms with van der Waals surface area (Å²) in [6.45, 7) is 3.78. The second-order valence-corrected chi connectivity index (χ2v) is 5.29. The molecule has 0 aliphatic heterocycles. The third kappa shape index (κ3) is 4.15. The van der Waals surface area contributed by atoms with Crippen LogP contribution in [0.2, 0.25) is 0 Å². The van der Waals surface area contributed by atoms with E-state index in [0.717, 1.165) is 0 Å². The van der Waals surface area contributed by atoms with Gasteiger partial charge in [-0.25, -0.2) is 0 Å². The molecular formula is C17H19N3O2. The number of anilines is 1. The van der Waals surface area contributed by atoms with E-state index in [4.69, 9.17) is 0 Å². The Morgan fingerprint density at radius 3 is 2.36 bits per heavy atom. The normalized spacial score (nSPS) is 11.8. The van der Waals surface area contributed by atoms with Crippen LogP contribution in [0.1, 0.15) is 24.2 Å². The predicted molar refractivity (Wildman–Crippen MR) is 85.4 cm³/mol. The summed E-state index contributed by atoms with van der Waals surface area (Å²) >= 11 is 0. The van der Waals surface area contributed by atoms with Crippen molar-refractivity contribution in [3.8, 4) is 0 Å². The topological polar surface area (TPSA) is 71.1 Å². The minimum Gasteiger partial charge on any atom is -0.340 e. The summed E-state index contributed by atoms with van der Waals surface area (Å²) in [5.74, 6) is -0.558. The monoisotopic (exact) mass is 297 g/mol. The third-order valence-corrected chi connectivity index (χ3v) is 3.20. The van der Waals surface area contributed by atoms with Crippen molar-refractivity contribution >= 4 is 17.5 Å². The van der Waals surface area contributed by atoms with Crippen molar-refractivity contribution in [2.45, 2.75) is 19.9 Å². The van der Waals surface area contributed by atoms with Crippen LogP contribution in [0.15, 0.2) is 54.9 Å². The fraction of sp³-hybridized carbons (Fsp3) is 0.235. The van der Waals surface area contributed by atoms with Crippen LogP contribution < -0.4 is 10.6 Å². The first-order valence-electron chi connectivity index (χ1n) is 7.14. The maximum Gasteiger partial charge on any atom is 0.251 e. The first-order valence-corrected chi connectivity index (χ1v) is 7.14. The van der Waals surface area contributed by atoms with Crippen molar-refractivity contribution in [2.75, 3.05) is 5.32 Å². The first kappa shape index (κ1) is 15.7. The number of benzene rings is 1. The Labute approximate surface area is 129 Å². The molecule has 0 aliphatic rings. The lowest BCUT2D eigenvalue weighted by Gasteiger charge is -2.21. The summed E-state index contributed by atoms with van der Waals surface area (Å²) in [7, 11) is 0. The molecule has 1 atom stereocenters. The van der Waals surface area contributed by atoms with E-state index >= 15 is 0 Å². The van der Waals surface area contributed by atoms with Gasteiger partial charge in [0.25, 0.3) is 5.91 Å². The van der Waals surface area contributed by atoms with E-state index < -0.39 is 6.04 Å². The quantitative estimate of drug-likeness (QED) is 0.890. The van der Waals surface area contributed by atoms with E-state index in [0.29, 0.717) is 11.3 Å². The predicted octanol–water partition coefficient (Wildman–Crippen LogP) is 2.47. The molecular weight excluding hydrogens is 278 g/mol. The summed E-state index contributed by atoms with van der Waals surface area (Å²) < 4.78 is 0. The lowest BCUT2D eigenvalue weighted by atomic mass is 10.0. The van der Waals surface area contributed by atoms with E-state index in [1.54, 1.807) is 48.8 Å². The Bertz CT molecular complexity index is 627. The molecule has 22 heavy (non-hydrogen) atoms. The molecule has 0 saturated heterocycles. The number of carbonyl (C=O) groups is 2. The summed E-state index contributed by atoms with van der Waals surface area (Å²) in [6, 6.07) is 11.7. The van der Waals surface area contributed by atoms with Gasteiger partial charge < -0.3 is 10.6 Å². The van der Waals surface area contributed by atoms with Gasteiger partial charge in [-0.2, -0.15) is 0 Å². The van der Waals surface area contributed by atoms with Crippen LogP contribution in [0.25, 0.3) is 0 Å². The first-order chi connectivity index (χ1) is 10.6. The zero-order valence-corrected chi connectivity index (χ0v) is 12.6. The second kappa shape index (κ2) is 7.36. The van der Waals surface area contributed by atoms with Gasteiger partial charge in [-0.15, -0.1) is 0 Å². The highest BCUT2D eigenvalue weighted by molar-refractivity contribution is 6.01. The average Bonchev–Trinajstić information content (AvgIpc) is 2.53. The Hall–Kier alpha value is -2.69. The van der Waals surface area contributed by atoms with E-state index in [-0.39, 0.29) is 17.7 Å². The van der Waals surface area contributed by atoms with Crippen molar-refractivity contribution in [3.05, 3.63) is 60.4 Å². The average molecular weight is 297 g/mol. The molecule has 2 amide bonds. The molecule has 1 aromatic heterocycles. The van der Waals surface area contributed by atoms with Gasteiger partial charge in [0.15, 0.2) is 0 Å². The molecule has 0 radical (unpaired) electrons. The van der Waals surface area contributed by atoms with Crippen LogP contribution >= 0.6 is 0 Å². The molecule has 2 aromatic rings. The zero-order valence-electron chi connectivity index (χ0n) is 12.6. The Morgan fingerprint density at radius 2 is 1.77 bits per heavy atom. The highest BCUT2D eigenvalue weighted by atomic mass is 16.2. The van der Waals surface area contributed by atoms with Gasteiger partial charge in [0.05, 0.1) is 11.9 Å². The number of aromatic nitrogens is 1. The number of nitrogens with zero attached hydrogens (tertiary/aromatic N) is 1. The summed E-state index contributed by atoms with van der Waals surface area (Å²) in [6.07, 6.45) is 3.20. The third-order valence-electron chi connectivity index (χ3n) is 3.20. The molecule has 2 rings (SSSR count). The standard InChI is InChI=1S/C17H19N3O2/c1-12(2)15(17(22)19-14-9-6-10-18-11-14)20-16(21)13-7-4-3-5-8-13/h3-12,15H,1-2H3,(H,19,22)(H,20,21). The molecule has 0 saturated carbocycles. The molecule has 1 unspecified atom stereocenters. The van der Waals surface area contributed by atoms with Crippen LogP contribution in [-0.2, 0) is 4.79 Å². The smallest absolute Gasteiger partial charge is 0.251 e. The largest absolute Gasteiger partial charge is 0.340 e. The van der Waals surface area contributed by atoms with Crippen LogP contribution in [0, 0.1) is 5.92 Å². The van der Waals surface area contributed by atoms with Gasteiger partial charge in [-0.05, 0) is 30.2 Å². The SMILES string of the molecule is CC(C)C(NC(=O)c1ccccc1)C(=O)Nc1cccnc1. The minimum atomic E-state index is -0.618. The number of amides is 2. The van der Waals surface area contributed by atoms with Gasteiger partial charge in [0, 0.05) is 11.8 Å². The number of nitrogens with one attached hydrogen (secondary N) is 2. The lowest BCUT2D eigenvalue weighted by molar-refractivity contribution is -0.118. The second-order valence-electron chi connectivity index (χ2n) is 5.29. The van der Waals surface area contributed by atoms with Gasteiger partial charge in [0.1, 0.15) is 6.04 Å². The van der Waals surface area contributed by atoms with Crippen molar-refractivity contribution < 1.29 is 9.59 Å². The van der Waals surface area contributed by atoms with Crippen LogP contribution in [0.3, 0.4) is 0 Å². The van der Waals surface area contributed by atoms with Crippen molar-refractivity contribution in [1.82, 2.24) is 10.3 Å². The molecule has 114 valence electrons. The number of pyridine rings is 1. The van der Waals surface area contributed by atoms with Crippen LogP contribution in [-0.4, -0.2) is 22.8 Å². The fourth-order valence-electron chi connectivity index (χ4n) is 2.01. The molecule has 0 aliphatic carbocycles. The molecule has 1 heterocycles. The van der Waals surface area contributed by atoms with Gasteiger partial charge >= 0.3 is 0 Å². The van der Waals surface area contributed by atoms with Crippen LogP contribution in [0.4, 0.5) is 5.69 Å². The molecule has 0 spiro atoms. The highest BCUT2D eigenvalue weighted by Gasteiger charge is 2.24. The number of hydrogen-bond acceptors (Lipinski definition) is 3. The Balaban J connectivity index is 2.06. The molecule has 2 N–H and O–H groups in total. The van der Waals surface area contributed by atoms with Gasteiger partial charge in [-0.1, -0.05) is 32.0 Å². The van der Waals surface area contributed by atoms with Gasteiger partial charge in [-0.3, -0.25) is 14.6 Å². The molecule has 5 heteroatoms.